The van der Waals surface area contributed by atoms with Crippen LogP contribution in [-0.4, -0.2) is 92.7 Å². The van der Waals surface area contributed by atoms with Gasteiger partial charge in [-0.3, -0.25) is 14.6 Å². The van der Waals surface area contributed by atoms with Gasteiger partial charge in [-0.2, -0.15) is 0 Å². The third-order valence-electron chi connectivity index (χ3n) is 6.81. The van der Waals surface area contributed by atoms with Crippen molar-refractivity contribution in [3.63, 3.8) is 0 Å². The van der Waals surface area contributed by atoms with Gasteiger partial charge in [-0.05, 0) is 43.1 Å². The molecule has 1 saturated carbocycles. The summed E-state index contributed by atoms with van der Waals surface area (Å²) in [7, 11) is 2.12. The third kappa shape index (κ3) is 7.52. The molecule has 0 radical (unpaired) electrons. The summed E-state index contributed by atoms with van der Waals surface area (Å²) in [6.45, 7) is 7.10. The number of ether oxygens (including phenoxy) is 1. The summed E-state index contributed by atoms with van der Waals surface area (Å²) < 4.78 is 5.65. The van der Waals surface area contributed by atoms with E-state index < -0.39 is 0 Å². The van der Waals surface area contributed by atoms with E-state index in [1.165, 1.54) is 24.0 Å². The number of carbonyl (C=O) groups excluding carboxylic acids is 1. The van der Waals surface area contributed by atoms with Gasteiger partial charge < -0.3 is 15.0 Å². The van der Waals surface area contributed by atoms with Crippen LogP contribution < -0.4 is 5.32 Å². The Kier molecular flexibility index (Phi) is 9.36. The lowest BCUT2D eigenvalue weighted by molar-refractivity contribution is -0.125. The second-order valence-corrected chi connectivity index (χ2v) is 9.79. The van der Waals surface area contributed by atoms with E-state index in [1.807, 2.05) is 12.1 Å². The standard InChI is InChI=1S/C27H37ClN4O2/c1-30(25-11-12-25)14-13-29-26(33)21-34-20-19-31-15-17-32(18-16-31)27(22-5-3-2-4-6-22)23-7-9-24(28)10-8-23/h2-10,25,27H,11-21H2,1H3,(H,29,33). The molecule has 1 unspecified atom stereocenters. The smallest absolute Gasteiger partial charge is 0.246 e. The molecule has 1 aliphatic heterocycles. The summed E-state index contributed by atoms with van der Waals surface area (Å²) in [6.07, 6.45) is 2.58. The van der Waals surface area contributed by atoms with Crippen molar-refractivity contribution >= 4 is 17.5 Å². The second-order valence-electron chi connectivity index (χ2n) is 9.36. The van der Waals surface area contributed by atoms with Crippen LogP contribution in [0.15, 0.2) is 54.6 Å². The summed E-state index contributed by atoms with van der Waals surface area (Å²) in [5.41, 5.74) is 2.57. The first-order valence-corrected chi connectivity index (χ1v) is 12.8. The van der Waals surface area contributed by atoms with E-state index in [9.17, 15) is 4.79 Å². The number of amides is 1. The topological polar surface area (TPSA) is 48.1 Å². The quantitative estimate of drug-likeness (QED) is 0.468. The van der Waals surface area contributed by atoms with Gasteiger partial charge in [0.25, 0.3) is 0 Å². The number of rotatable bonds is 12. The molecule has 2 aromatic rings. The molecule has 2 aliphatic rings. The molecule has 1 heterocycles. The Morgan fingerprint density at radius 3 is 2.41 bits per heavy atom. The lowest BCUT2D eigenvalue weighted by Crippen LogP contribution is -2.48. The van der Waals surface area contributed by atoms with E-state index in [4.69, 9.17) is 16.3 Å². The molecule has 1 saturated heterocycles. The fraction of sp³-hybridized carbons (Fsp3) is 0.519. The molecule has 0 bridgehead atoms. The van der Waals surface area contributed by atoms with E-state index in [1.54, 1.807) is 0 Å². The van der Waals surface area contributed by atoms with E-state index in [2.05, 4.69) is 69.5 Å². The Morgan fingerprint density at radius 2 is 1.74 bits per heavy atom. The zero-order chi connectivity index (χ0) is 23.8. The number of carbonyl (C=O) groups is 1. The highest BCUT2D eigenvalue weighted by atomic mass is 35.5. The molecule has 1 aliphatic carbocycles. The minimum absolute atomic E-state index is 0.0253. The average Bonchev–Trinajstić information content (AvgIpc) is 3.71. The molecule has 1 atom stereocenters. The van der Waals surface area contributed by atoms with Crippen LogP contribution in [0.2, 0.25) is 5.02 Å². The fourth-order valence-corrected chi connectivity index (χ4v) is 4.74. The molecule has 34 heavy (non-hydrogen) atoms. The molecular formula is C27H37ClN4O2. The molecular weight excluding hydrogens is 448 g/mol. The molecule has 7 heteroatoms. The Balaban J connectivity index is 1.17. The number of hydrogen-bond acceptors (Lipinski definition) is 5. The monoisotopic (exact) mass is 484 g/mol. The number of piperazine rings is 1. The van der Waals surface area contributed by atoms with Gasteiger partial charge in [0.15, 0.2) is 0 Å². The number of benzene rings is 2. The van der Waals surface area contributed by atoms with Crippen LogP contribution in [0.25, 0.3) is 0 Å². The third-order valence-corrected chi connectivity index (χ3v) is 7.07. The van der Waals surface area contributed by atoms with Crippen molar-refractivity contribution in [1.29, 1.82) is 0 Å². The predicted octanol–water partition coefficient (Wildman–Crippen LogP) is 3.27. The number of nitrogens with zero attached hydrogens (tertiary/aromatic N) is 3. The molecule has 1 amide bonds. The van der Waals surface area contributed by atoms with Gasteiger partial charge in [0.2, 0.25) is 5.91 Å². The normalized spacial score (nSPS) is 18.2. The first-order valence-electron chi connectivity index (χ1n) is 12.4. The summed E-state index contributed by atoms with van der Waals surface area (Å²) in [5.74, 6) is -0.0253. The highest BCUT2D eigenvalue weighted by Crippen LogP contribution is 2.30. The zero-order valence-corrected chi connectivity index (χ0v) is 20.9. The number of likely N-dealkylation sites (N-methyl/N-ethyl adjacent to an activating group) is 1. The molecule has 4 rings (SSSR count). The summed E-state index contributed by atoms with van der Waals surface area (Å²) in [5, 5.41) is 3.72. The summed E-state index contributed by atoms with van der Waals surface area (Å²) in [4.78, 5) is 19.3. The SMILES string of the molecule is CN(CCNC(=O)COCCN1CCN(C(c2ccccc2)c2ccc(Cl)cc2)CC1)C1CC1. The zero-order valence-electron chi connectivity index (χ0n) is 20.2. The molecule has 2 aromatic carbocycles. The fourth-order valence-electron chi connectivity index (χ4n) is 4.62. The minimum Gasteiger partial charge on any atom is -0.370 e. The van der Waals surface area contributed by atoms with Crippen molar-refractivity contribution in [3.05, 3.63) is 70.7 Å². The maximum Gasteiger partial charge on any atom is 0.246 e. The lowest BCUT2D eigenvalue weighted by Gasteiger charge is -2.39. The minimum atomic E-state index is -0.0253. The maximum atomic E-state index is 12.0. The highest BCUT2D eigenvalue weighted by Gasteiger charge is 2.27. The Labute approximate surface area is 208 Å². The van der Waals surface area contributed by atoms with Crippen LogP contribution in [0.1, 0.15) is 30.0 Å². The van der Waals surface area contributed by atoms with Gasteiger partial charge in [-0.25, -0.2) is 0 Å². The van der Waals surface area contributed by atoms with Crippen molar-refractivity contribution in [2.45, 2.75) is 24.9 Å². The van der Waals surface area contributed by atoms with Gasteiger partial charge in [0.05, 0.1) is 12.6 Å². The molecule has 1 N–H and O–H groups in total. The molecule has 6 nitrogen and oxygen atoms in total. The van der Waals surface area contributed by atoms with E-state index in [-0.39, 0.29) is 18.6 Å². The van der Waals surface area contributed by atoms with Crippen LogP contribution in [0.5, 0.6) is 0 Å². The van der Waals surface area contributed by atoms with Crippen molar-refractivity contribution < 1.29 is 9.53 Å². The van der Waals surface area contributed by atoms with Crippen molar-refractivity contribution in [1.82, 2.24) is 20.0 Å². The first kappa shape index (κ1) is 25.1. The van der Waals surface area contributed by atoms with E-state index in [0.717, 1.165) is 50.3 Å². The maximum absolute atomic E-state index is 12.0. The number of nitrogens with one attached hydrogen (secondary N) is 1. The van der Waals surface area contributed by atoms with Crippen LogP contribution in [-0.2, 0) is 9.53 Å². The predicted molar refractivity (Wildman–Crippen MR) is 137 cm³/mol. The lowest BCUT2D eigenvalue weighted by atomic mass is 9.96. The Bertz CT molecular complexity index is 883. The highest BCUT2D eigenvalue weighted by molar-refractivity contribution is 6.30. The van der Waals surface area contributed by atoms with Crippen molar-refractivity contribution in [3.8, 4) is 0 Å². The van der Waals surface area contributed by atoms with Gasteiger partial charge in [-0.1, -0.05) is 54.1 Å². The number of hydrogen-bond donors (Lipinski definition) is 1. The molecule has 0 aromatic heterocycles. The van der Waals surface area contributed by atoms with E-state index >= 15 is 0 Å². The molecule has 2 fully saturated rings. The Morgan fingerprint density at radius 1 is 1.06 bits per heavy atom. The van der Waals surface area contributed by atoms with Gasteiger partial charge in [-0.15, -0.1) is 0 Å². The largest absolute Gasteiger partial charge is 0.370 e. The number of halogens is 1. The Hall–Kier alpha value is -1.96. The van der Waals surface area contributed by atoms with Crippen LogP contribution in [0.4, 0.5) is 0 Å². The summed E-state index contributed by atoms with van der Waals surface area (Å²) in [6, 6.07) is 19.8. The van der Waals surface area contributed by atoms with Crippen LogP contribution in [0.3, 0.4) is 0 Å². The van der Waals surface area contributed by atoms with Gasteiger partial charge in [0.1, 0.15) is 6.61 Å². The van der Waals surface area contributed by atoms with Crippen molar-refractivity contribution in [2.75, 3.05) is 66.1 Å². The van der Waals surface area contributed by atoms with Gasteiger partial charge in [0, 0.05) is 56.9 Å². The van der Waals surface area contributed by atoms with E-state index in [0.29, 0.717) is 13.2 Å². The van der Waals surface area contributed by atoms with Gasteiger partial charge >= 0.3 is 0 Å². The molecule has 0 spiro atoms. The first-order chi connectivity index (χ1) is 16.6. The van der Waals surface area contributed by atoms with Crippen LogP contribution >= 0.6 is 11.6 Å². The second kappa shape index (κ2) is 12.7. The molecule has 184 valence electrons. The average molecular weight is 485 g/mol. The van der Waals surface area contributed by atoms with Crippen LogP contribution in [0, 0.1) is 0 Å². The summed E-state index contributed by atoms with van der Waals surface area (Å²) >= 11 is 6.14. The van der Waals surface area contributed by atoms with Crippen molar-refractivity contribution in [2.24, 2.45) is 0 Å².